The molecule has 3 aromatic rings. The standard InChI is InChI=1S/C21H18Cl2FN3O2/c1-13-9-15(14(2)27(13)18-6-4-17(24)5-7-18)11-25-26-21(28)12-29-20-8-3-16(22)10-19(20)23/h3-11H,12H2,1-2H3,(H,26,28)/b25-11+. The summed E-state index contributed by atoms with van der Waals surface area (Å²) in [4.78, 5) is 11.9. The third-order valence-electron chi connectivity index (χ3n) is 4.20. The molecule has 3 rings (SSSR count). The topological polar surface area (TPSA) is 55.6 Å². The number of carbonyl (C=O) groups is 1. The molecule has 2 aromatic carbocycles. The maximum absolute atomic E-state index is 13.2. The molecule has 1 heterocycles. The second-order valence-electron chi connectivity index (χ2n) is 6.29. The lowest BCUT2D eigenvalue weighted by atomic mass is 10.2. The van der Waals surface area contributed by atoms with Gasteiger partial charge in [0.1, 0.15) is 11.6 Å². The molecule has 29 heavy (non-hydrogen) atoms. The fourth-order valence-electron chi connectivity index (χ4n) is 2.85. The molecule has 1 amide bonds. The molecular weight excluding hydrogens is 416 g/mol. The number of ether oxygens (including phenoxy) is 1. The van der Waals surface area contributed by atoms with Gasteiger partial charge in [-0.05, 0) is 62.4 Å². The minimum absolute atomic E-state index is 0.243. The smallest absolute Gasteiger partial charge is 0.277 e. The van der Waals surface area contributed by atoms with Gasteiger partial charge in [-0.15, -0.1) is 0 Å². The van der Waals surface area contributed by atoms with E-state index in [4.69, 9.17) is 27.9 Å². The fraction of sp³-hybridized carbons (Fsp3) is 0.143. The Labute approximate surface area is 177 Å². The molecule has 0 spiro atoms. The van der Waals surface area contributed by atoms with Gasteiger partial charge in [-0.1, -0.05) is 23.2 Å². The molecule has 0 aliphatic carbocycles. The lowest BCUT2D eigenvalue weighted by Gasteiger charge is -2.09. The van der Waals surface area contributed by atoms with Crippen LogP contribution in [0.5, 0.6) is 5.75 Å². The Morgan fingerprint density at radius 2 is 1.90 bits per heavy atom. The van der Waals surface area contributed by atoms with Gasteiger partial charge in [0.2, 0.25) is 0 Å². The van der Waals surface area contributed by atoms with Crippen molar-refractivity contribution >= 4 is 35.3 Å². The summed E-state index contributed by atoms with van der Waals surface area (Å²) in [5, 5.41) is 4.78. The van der Waals surface area contributed by atoms with Crippen LogP contribution in [0.3, 0.4) is 0 Å². The highest BCUT2D eigenvalue weighted by molar-refractivity contribution is 6.35. The largest absolute Gasteiger partial charge is 0.482 e. The predicted molar refractivity (Wildman–Crippen MR) is 113 cm³/mol. The highest BCUT2D eigenvalue weighted by Crippen LogP contribution is 2.27. The molecule has 0 atom stereocenters. The molecule has 0 bridgehead atoms. The molecule has 150 valence electrons. The van der Waals surface area contributed by atoms with Gasteiger partial charge in [0.15, 0.2) is 6.61 Å². The third kappa shape index (κ3) is 5.16. The summed E-state index contributed by atoms with van der Waals surface area (Å²) < 4.78 is 20.5. The van der Waals surface area contributed by atoms with Gasteiger partial charge in [-0.25, -0.2) is 9.82 Å². The second-order valence-corrected chi connectivity index (χ2v) is 7.14. The average Bonchev–Trinajstić information content (AvgIpc) is 2.95. The first-order chi connectivity index (χ1) is 13.8. The average molecular weight is 434 g/mol. The van der Waals surface area contributed by atoms with Crippen LogP contribution in [0.1, 0.15) is 17.0 Å². The minimum atomic E-state index is -0.431. The fourth-order valence-corrected chi connectivity index (χ4v) is 3.31. The van der Waals surface area contributed by atoms with Crippen LogP contribution >= 0.6 is 23.2 Å². The number of carbonyl (C=O) groups excluding carboxylic acids is 1. The number of hydrogen-bond acceptors (Lipinski definition) is 3. The summed E-state index contributed by atoms with van der Waals surface area (Å²) in [5.74, 6) is -0.361. The normalized spacial score (nSPS) is 11.1. The highest BCUT2D eigenvalue weighted by atomic mass is 35.5. The van der Waals surface area contributed by atoms with Gasteiger partial charge < -0.3 is 9.30 Å². The van der Waals surface area contributed by atoms with Crippen molar-refractivity contribution in [3.8, 4) is 11.4 Å². The summed E-state index contributed by atoms with van der Waals surface area (Å²) in [5.41, 5.74) is 5.96. The Bertz CT molecular complexity index is 1060. The summed E-state index contributed by atoms with van der Waals surface area (Å²) in [6.45, 7) is 3.62. The first-order valence-electron chi connectivity index (χ1n) is 8.70. The number of halogens is 3. The zero-order valence-electron chi connectivity index (χ0n) is 15.7. The molecule has 1 aromatic heterocycles. The highest BCUT2D eigenvalue weighted by Gasteiger charge is 2.10. The number of nitrogens with zero attached hydrogens (tertiary/aromatic N) is 2. The monoisotopic (exact) mass is 433 g/mol. The van der Waals surface area contributed by atoms with Gasteiger partial charge in [0.25, 0.3) is 5.91 Å². The summed E-state index contributed by atoms with van der Waals surface area (Å²) in [6, 6.07) is 12.9. The van der Waals surface area contributed by atoms with Crippen molar-refractivity contribution in [1.82, 2.24) is 9.99 Å². The molecule has 0 unspecified atom stereocenters. The summed E-state index contributed by atoms with van der Waals surface area (Å²) >= 11 is 11.8. The number of hydrazone groups is 1. The summed E-state index contributed by atoms with van der Waals surface area (Å²) in [7, 11) is 0. The van der Waals surface area contributed by atoms with E-state index < -0.39 is 5.91 Å². The molecule has 0 aliphatic rings. The number of nitrogens with one attached hydrogen (secondary N) is 1. The predicted octanol–water partition coefficient (Wildman–Crippen LogP) is 5.07. The van der Waals surface area contributed by atoms with Crippen LogP contribution in [0.15, 0.2) is 53.6 Å². The van der Waals surface area contributed by atoms with E-state index in [0.29, 0.717) is 15.8 Å². The van der Waals surface area contributed by atoms with Gasteiger partial charge in [0, 0.05) is 27.7 Å². The van der Waals surface area contributed by atoms with E-state index in [0.717, 1.165) is 22.6 Å². The van der Waals surface area contributed by atoms with Gasteiger partial charge in [-0.2, -0.15) is 5.10 Å². The van der Waals surface area contributed by atoms with E-state index in [2.05, 4.69) is 10.5 Å². The third-order valence-corrected chi connectivity index (χ3v) is 4.73. The van der Waals surface area contributed by atoms with Crippen LogP contribution in [-0.4, -0.2) is 23.3 Å². The van der Waals surface area contributed by atoms with Crippen molar-refractivity contribution < 1.29 is 13.9 Å². The van der Waals surface area contributed by atoms with E-state index in [1.54, 1.807) is 30.5 Å². The molecule has 8 heteroatoms. The van der Waals surface area contributed by atoms with Crippen molar-refractivity contribution in [2.45, 2.75) is 13.8 Å². The molecule has 0 saturated heterocycles. The van der Waals surface area contributed by atoms with E-state index in [9.17, 15) is 9.18 Å². The number of benzene rings is 2. The Morgan fingerprint density at radius 3 is 2.59 bits per heavy atom. The van der Waals surface area contributed by atoms with Crippen molar-refractivity contribution in [3.05, 3.63) is 81.3 Å². The van der Waals surface area contributed by atoms with Crippen LogP contribution in [0, 0.1) is 19.7 Å². The molecule has 0 fully saturated rings. The lowest BCUT2D eigenvalue weighted by molar-refractivity contribution is -0.123. The van der Waals surface area contributed by atoms with Crippen LogP contribution in [-0.2, 0) is 4.79 Å². The maximum Gasteiger partial charge on any atom is 0.277 e. The van der Waals surface area contributed by atoms with Crippen LogP contribution in [0.4, 0.5) is 4.39 Å². The first kappa shape index (κ1) is 20.9. The summed E-state index contributed by atoms with van der Waals surface area (Å²) in [6.07, 6.45) is 1.55. The number of aryl methyl sites for hydroxylation is 1. The maximum atomic E-state index is 13.2. The lowest BCUT2D eigenvalue weighted by Crippen LogP contribution is -2.24. The SMILES string of the molecule is Cc1cc(/C=N/NC(=O)COc2ccc(Cl)cc2Cl)c(C)n1-c1ccc(F)cc1. The van der Waals surface area contributed by atoms with Crippen molar-refractivity contribution in [1.29, 1.82) is 0 Å². The molecule has 0 radical (unpaired) electrons. The van der Waals surface area contributed by atoms with Crippen molar-refractivity contribution in [3.63, 3.8) is 0 Å². The van der Waals surface area contributed by atoms with Crippen molar-refractivity contribution in [2.24, 2.45) is 5.10 Å². The van der Waals surface area contributed by atoms with Gasteiger partial charge in [0.05, 0.1) is 11.2 Å². The Balaban J connectivity index is 1.62. The van der Waals surface area contributed by atoms with E-state index in [1.807, 2.05) is 24.5 Å². The van der Waals surface area contributed by atoms with E-state index in [1.165, 1.54) is 18.2 Å². The number of hydrogen-bond donors (Lipinski definition) is 1. The molecular formula is C21H18Cl2FN3O2. The second kappa shape index (κ2) is 9.11. The quantitative estimate of drug-likeness (QED) is 0.435. The van der Waals surface area contributed by atoms with E-state index >= 15 is 0 Å². The Kier molecular flexibility index (Phi) is 6.56. The number of rotatable bonds is 6. The zero-order chi connectivity index (χ0) is 21.0. The number of amides is 1. The molecule has 5 nitrogen and oxygen atoms in total. The first-order valence-corrected chi connectivity index (χ1v) is 9.45. The Hall–Kier alpha value is -2.83. The van der Waals surface area contributed by atoms with Gasteiger partial charge in [-0.3, -0.25) is 4.79 Å². The Morgan fingerprint density at radius 1 is 1.17 bits per heavy atom. The molecule has 0 aliphatic heterocycles. The van der Waals surface area contributed by atoms with E-state index in [-0.39, 0.29) is 12.4 Å². The molecule has 0 saturated carbocycles. The number of aromatic nitrogens is 1. The molecule has 1 N–H and O–H groups in total. The van der Waals surface area contributed by atoms with Crippen LogP contribution in [0.25, 0.3) is 5.69 Å². The van der Waals surface area contributed by atoms with Crippen LogP contribution in [0.2, 0.25) is 10.0 Å². The zero-order valence-corrected chi connectivity index (χ0v) is 17.3. The minimum Gasteiger partial charge on any atom is -0.482 e. The van der Waals surface area contributed by atoms with Crippen molar-refractivity contribution in [2.75, 3.05) is 6.61 Å². The van der Waals surface area contributed by atoms with Gasteiger partial charge >= 0.3 is 0 Å². The van der Waals surface area contributed by atoms with Crippen LogP contribution < -0.4 is 10.2 Å².